The molecule has 2 nitrogen and oxygen atoms in total. The van der Waals surface area contributed by atoms with Crippen molar-refractivity contribution in [3.05, 3.63) is 133 Å². The van der Waals surface area contributed by atoms with Gasteiger partial charge in [-0.2, -0.15) is 0 Å². The molecule has 3 aromatic carbocycles. The van der Waals surface area contributed by atoms with Gasteiger partial charge in [0.25, 0.3) is 0 Å². The Morgan fingerprint density at radius 1 is 0.861 bits per heavy atom. The number of aromatic amines is 1. The predicted molar refractivity (Wildman–Crippen MR) is 158 cm³/mol. The van der Waals surface area contributed by atoms with Gasteiger partial charge in [-0.1, -0.05) is 104 Å². The maximum absolute atomic E-state index is 4.12. The molecule has 0 aliphatic rings. The van der Waals surface area contributed by atoms with Crippen molar-refractivity contribution in [3.8, 4) is 16.9 Å². The van der Waals surface area contributed by atoms with E-state index in [1.807, 2.05) is 19.1 Å². The minimum atomic E-state index is 1.06. The van der Waals surface area contributed by atoms with Crippen LogP contribution in [0, 0.1) is 0 Å². The number of fused-ring (bicyclic) bond motifs is 3. The molecule has 0 aliphatic heterocycles. The fraction of sp³-hybridized carbons (Fsp3) is 0.0588. The van der Waals surface area contributed by atoms with Crippen LogP contribution in [0.3, 0.4) is 0 Å². The van der Waals surface area contributed by atoms with Crippen LogP contribution in [-0.4, -0.2) is 9.55 Å². The maximum Gasteiger partial charge on any atom is 0.0620 e. The van der Waals surface area contributed by atoms with Crippen LogP contribution in [0.1, 0.15) is 30.7 Å². The van der Waals surface area contributed by atoms with Gasteiger partial charge < -0.3 is 9.55 Å². The van der Waals surface area contributed by atoms with Crippen LogP contribution >= 0.6 is 0 Å². The van der Waals surface area contributed by atoms with E-state index in [1.165, 1.54) is 10.9 Å². The van der Waals surface area contributed by atoms with Gasteiger partial charge in [0.15, 0.2) is 0 Å². The Bertz CT molecular complexity index is 1650. The molecule has 0 radical (unpaired) electrons. The van der Waals surface area contributed by atoms with E-state index in [2.05, 4.69) is 133 Å². The van der Waals surface area contributed by atoms with Gasteiger partial charge in [0.05, 0.1) is 16.7 Å². The van der Waals surface area contributed by atoms with Gasteiger partial charge in [-0.15, -0.1) is 0 Å². The molecule has 1 N–H and O–H groups in total. The predicted octanol–water partition coefficient (Wildman–Crippen LogP) is 9.60. The molecule has 0 aliphatic carbocycles. The number of benzene rings is 3. The highest BCUT2D eigenvalue weighted by atomic mass is 15.0. The Morgan fingerprint density at radius 2 is 1.58 bits per heavy atom. The first-order valence-electron chi connectivity index (χ1n) is 12.3. The van der Waals surface area contributed by atoms with E-state index in [1.54, 1.807) is 0 Å². The van der Waals surface area contributed by atoms with Gasteiger partial charge in [-0.3, -0.25) is 0 Å². The highest BCUT2D eigenvalue weighted by Crippen LogP contribution is 2.44. The van der Waals surface area contributed by atoms with E-state index in [0.29, 0.717) is 0 Å². The molecule has 0 saturated carbocycles. The summed E-state index contributed by atoms with van der Waals surface area (Å²) in [6.07, 6.45) is 14.3. The summed E-state index contributed by atoms with van der Waals surface area (Å²) in [7, 11) is 0. The minimum absolute atomic E-state index is 1.06. The second-order valence-electron chi connectivity index (χ2n) is 8.66. The van der Waals surface area contributed by atoms with Crippen LogP contribution in [0.4, 0.5) is 0 Å². The third-order valence-electron chi connectivity index (χ3n) is 6.51. The van der Waals surface area contributed by atoms with E-state index in [-0.39, 0.29) is 0 Å². The molecule has 5 rings (SSSR count). The van der Waals surface area contributed by atoms with E-state index in [4.69, 9.17) is 0 Å². The Balaban J connectivity index is 2.08. The Kier molecular flexibility index (Phi) is 6.42. The minimum Gasteiger partial charge on any atom is -0.354 e. The third-order valence-corrected chi connectivity index (χ3v) is 6.51. The lowest BCUT2D eigenvalue weighted by Crippen LogP contribution is -1.98. The second kappa shape index (κ2) is 9.97. The molecular weight excluding hydrogens is 436 g/mol. The van der Waals surface area contributed by atoms with Gasteiger partial charge >= 0.3 is 0 Å². The summed E-state index contributed by atoms with van der Waals surface area (Å²) in [5, 5.41) is 2.34. The molecular formula is C34H30N2. The fourth-order valence-electron chi connectivity index (χ4n) is 5.13. The molecule has 5 aromatic rings. The number of nitrogens with zero attached hydrogens (tertiary/aromatic N) is 1. The van der Waals surface area contributed by atoms with Gasteiger partial charge in [-0.25, -0.2) is 0 Å². The fourth-order valence-corrected chi connectivity index (χ4v) is 5.13. The number of hydrogen-bond donors (Lipinski definition) is 1. The summed E-state index contributed by atoms with van der Waals surface area (Å²) in [4.78, 5) is 3.73. The summed E-state index contributed by atoms with van der Waals surface area (Å²) in [5.41, 5.74) is 10.1. The number of allylic oxidation sites excluding steroid dienone is 6. The lowest BCUT2D eigenvalue weighted by Gasteiger charge is -2.13. The lowest BCUT2D eigenvalue weighted by molar-refractivity contribution is 1.13. The lowest BCUT2D eigenvalue weighted by atomic mass is 9.96. The van der Waals surface area contributed by atoms with Crippen molar-refractivity contribution < 1.29 is 0 Å². The number of para-hydroxylation sites is 1. The summed E-state index contributed by atoms with van der Waals surface area (Å²) < 4.78 is 2.38. The summed E-state index contributed by atoms with van der Waals surface area (Å²) >= 11 is 0. The molecule has 2 aromatic heterocycles. The molecule has 0 atom stereocenters. The number of rotatable bonds is 7. The topological polar surface area (TPSA) is 20.7 Å². The average Bonchev–Trinajstić information content (AvgIpc) is 3.45. The van der Waals surface area contributed by atoms with Crippen molar-refractivity contribution in [1.29, 1.82) is 0 Å². The molecule has 0 saturated heterocycles. The Morgan fingerprint density at radius 3 is 2.22 bits per heavy atom. The van der Waals surface area contributed by atoms with Gasteiger partial charge in [0, 0.05) is 33.3 Å². The quantitative estimate of drug-likeness (QED) is 0.231. The standard InChI is InChI=1S/C34H30N2/c1-5-15-24(16-6-2)31-32-30(23-22-28-27(8-4)29(17-7-3)35-33(28)32)36(26-20-13-10-14-21-26)34(31)25-18-11-9-12-19-25/h5-23,35H,1,4H2,2-3H3/b16-6-,17-7-,24-15+. The number of H-pyrrole nitrogens is 1. The van der Waals surface area contributed by atoms with Crippen molar-refractivity contribution in [2.24, 2.45) is 0 Å². The summed E-state index contributed by atoms with van der Waals surface area (Å²) in [6, 6.07) is 25.7. The zero-order valence-electron chi connectivity index (χ0n) is 20.8. The highest BCUT2D eigenvalue weighted by molar-refractivity contribution is 6.17. The molecule has 2 heteroatoms. The van der Waals surface area contributed by atoms with E-state index >= 15 is 0 Å². The van der Waals surface area contributed by atoms with Crippen LogP contribution in [0.2, 0.25) is 0 Å². The number of aromatic nitrogens is 2. The van der Waals surface area contributed by atoms with E-state index < -0.39 is 0 Å². The van der Waals surface area contributed by atoms with Crippen LogP contribution in [0.5, 0.6) is 0 Å². The van der Waals surface area contributed by atoms with Crippen molar-refractivity contribution in [2.45, 2.75) is 13.8 Å². The Hall–Kier alpha value is -4.56. The molecule has 0 amide bonds. The molecule has 36 heavy (non-hydrogen) atoms. The third kappa shape index (κ3) is 3.77. The maximum atomic E-state index is 4.12. The monoisotopic (exact) mass is 466 g/mol. The average molecular weight is 467 g/mol. The first-order chi connectivity index (χ1) is 17.7. The SMILES string of the molecule is C=C/C=C(\C=C/C)c1c(-c2ccccc2)n(-c2ccccc2)c2ccc3c(C=C)c(/C=C\C)[nH]c3c12. The molecule has 2 heterocycles. The molecule has 0 bridgehead atoms. The largest absolute Gasteiger partial charge is 0.354 e. The summed E-state index contributed by atoms with van der Waals surface area (Å²) in [5.74, 6) is 0. The molecule has 0 fully saturated rings. The zero-order valence-corrected chi connectivity index (χ0v) is 20.8. The van der Waals surface area contributed by atoms with Crippen molar-refractivity contribution in [3.63, 3.8) is 0 Å². The van der Waals surface area contributed by atoms with Crippen LogP contribution < -0.4 is 0 Å². The normalized spacial score (nSPS) is 12.3. The first kappa shape index (κ1) is 23.2. The van der Waals surface area contributed by atoms with Gasteiger partial charge in [0.1, 0.15) is 0 Å². The molecule has 0 unspecified atom stereocenters. The molecule has 176 valence electrons. The number of hydrogen-bond acceptors (Lipinski definition) is 0. The van der Waals surface area contributed by atoms with E-state index in [9.17, 15) is 0 Å². The second-order valence-corrected chi connectivity index (χ2v) is 8.66. The summed E-state index contributed by atoms with van der Waals surface area (Å²) in [6.45, 7) is 12.2. The smallest absolute Gasteiger partial charge is 0.0620 e. The van der Waals surface area contributed by atoms with Crippen molar-refractivity contribution in [1.82, 2.24) is 9.55 Å². The van der Waals surface area contributed by atoms with E-state index in [0.717, 1.165) is 50.2 Å². The van der Waals surface area contributed by atoms with Crippen LogP contribution in [0.25, 0.3) is 56.5 Å². The van der Waals surface area contributed by atoms with Crippen molar-refractivity contribution in [2.75, 3.05) is 0 Å². The first-order valence-corrected chi connectivity index (χ1v) is 12.3. The Labute approximate surface area is 212 Å². The van der Waals surface area contributed by atoms with Gasteiger partial charge in [-0.05, 0) is 49.3 Å². The highest BCUT2D eigenvalue weighted by Gasteiger charge is 2.24. The van der Waals surface area contributed by atoms with Gasteiger partial charge in [0.2, 0.25) is 0 Å². The van der Waals surface area contributed by atoms with Crippen molar-refractivity contribution >= 4 is 39.5 Å². The zero-order chi connectivity index (χ0) is 25.1. The van der Waals surface area contributed by atoms with Crippen LogP contribution in [0.15, 0.2) is 116 Å². The molecule has 0 spiro atoms. The van der Waals surface area contributed by atoms with Crippen LogP contribution in [-0.2, 0) is 0 Å². The number of nitrogens with one attached hydrogen (secondary N) is 1.